The molecule has 3 nitrogen and oxygen atoms in total. The Bertz CT molecular complexity index is 784. The number of nitrogens with zero attached hydrogens (tertiary/aromatic N) is 1. The fraction of sp³-hybridized carbons (Fsp3) is 0.176. The molecule has 1 atom stereocenters. The Morgan fingerprint density at radius 1 is 1.26 bits per heavy atom. The van der Waals surface area contributed by atoms with E-state index in [1.807, 2.05) is 55.5 Å². The van der Waals surface area contributed by atoms with Gasteiger partial charge in [-0.1, -0.05) is 52.0 Å². The molecule has 1 unspecified atom stereocenters. The van der Waals surface area contributed by atoms with E-state index in [1.165, 1.54) is 11.8 Å². The van der Waals surface area contributed by atoms with Crippen molar-refractivity contribution < 1.29 is 4.79 Å². The van der Waals surface area contributed by atoms with Crippen molar-refractivity contribution >= 4 is 55.2 Å². The lowest BCUT2D eigenvalue weighted by atomic mass is 10.1. The van der Waals surface area contributed by atoms with Crippen molar-refractivity contribution in [2.45, 2.75) is 17.3 Å². The predicted octanol–water partition coefficient (Wildman–Crippen LogP) is 5.03. The highest BCUT2D eigenvalue weighted by Crippen LogP contribution is 2.29. The molecule has 0 aliphatic carbocycles. The van der Waals surface area contributed by atoms with Gasteiger partial charge in [0.1, 0.15) is 0 Å². The number of hydrogen-bond donors (Lipinski definition) is 1. The maximum Gasteiger partial charge on any atom is 0.230 e. The normalized spacial score (nSPS) is 12.3. The van der Waals surface area contributed by atoms with Gasteiger partial charge in [-0.05, 0) is 36.8 Å². The van der Waals surface area contributed by atoms with Crippen LogP contribution in [0.3, 0.4) is 0 Å². The molecule has 6 heteroatoms. The number of amides is 1. The zero-order valence-electron chi connectivity index (χ0n) is 12.5. The summed E-state index contributed by atoms with van der Waals surface area (Å²) in [5.74, 6) is 0.394. The Labute approximate surface area is 151 Å². The third-order valence-electron chi connectivity index (χ3n) is 3.35. The van der Waals surface area contributed by atoms with E-state index < -0.39 is 0 Å². The number of para-hydroxylation sites is 1. The number of fused-ring (bicyclic) bond motifs is 1. The van der Waals surface area contributed by atoms with Crippen molar-refractivity contribution in [2.24, 2.45) is 0 Å². The first kappa shape index (κ1) is 16.5. The average molecular weight is 407 g/mol. The summed E-state index contributed by atoms with van der Waals surface area (Å²) >= 11 is 6.52. The molecule has 0 saturated heterocycles. The SMILES string of the molecule is CC(NC(=O)CSc1nc2ccccc2s1)c1ccc(Br)cc1. The van der Waals surface area contributed by atoms with Gasteiger partial charge in [0, 0.05) is 4.47 Å². The number of thiazole rings is 1. The molecule has 3 rings (SSSR count). The fourth-order valence-electron chi connectivity index (χ4n) is 2.16. The molecule has 1 N–H and O–H groups in total. The molecular weight excluding hydrogens is 392 g/mol. The number of hydrogen-bond acceptors (Lipinski definition) is 4. The number of carbonyl (C=O) groups excluding carboxylic acids is 1. The lowest BCUT2D eigenvalue weighted by molar-refractivity contribution is -0.119. The van der Waals surface area contributed by atoms with Gasteiger partial charge in [-0.25, -0.2) is 4.98 Å². The van der Waals surface area contributed by atoms with Crippen LogP contribution >= 0.6 is 39.0 Å². The first-order valence-electron chi connectivity index (χ1n) is 7.15. The minimum absolute atomic E-state index is 0.00781. The Morgan fingerprint density at radius 2 is 2.00 bits per heavy atom. The van der Waals surface area contributed by atoms with Crippen molar-refractivity contribution in [3.05, 3.63) is 58.6 Å². The van der Waals surface area contributed by atoms with Crippen LogP contribution in [0.25, 0.3) is 10.2 Å². The number of benzene rings is 2. The van der Waals surface area contributed by atoms with Crippen molar-refractivity contribution in [2.75, 3.05) is 5.75 Å². The molecule has 1 aromatic heterocycles. The highest BCUT2D eigenvalue weighted by molar-refractivity contribution is 9.10. The topological polar surface area (TPSA) is 42.0 Å². The van der Waals surface area contributed by atoms with Gasteiger partial charge in [0.05, 0.1) is 22.0 Å². The smallest absolute Gasteiger partial charge is 0.230 e. The van der Waals surface area contributed by atoms with Crippen LogP contribution in [0, 0.1) is 0 Å². The summed E-state index contributed by atoms with van der Waals surface area (Å²) in [4.78, 5) is 16.6. The molecule has 0 aliphatic heterocycles. The minimum atomic E-state index is -0.00781. The monoisotopic (exact) mass is 406 g/mol. The van der Waals surface area contributed by atoms with E-state index in [0.717, 1.165) is 24.6 Å². The second kappa shape index (κ2) is 7.47. The first-order chi connectivity index (χ1) is 11.1. The fourth-order valence-corrected chi connectivity index (χ4v) is 4.30. The van der Waals surface area contributed by atoms with E-state index >= 15 is 0 Å². The van der Waals surface area contributed by atoms with Gasteiger partial charge in [-0.2, -0.15) is 0 Å². The lowest BCUT2D eigenvalue weighted by Gasteiger charge is -2.14. The minimum Gasteiger partial charge on any atom is -0.349 e. The Morgan fingerprint density at radius 3 is 2.74 bits per heavy atom. The van der Waals surface area contributed by atoms with Crippen LogP contribution in [-0.4, -0.2) is 16.6 Å². The van der Waals surface area contributed by atoms with Gasteiger partial charge in [-0.3, -0.25) is 4.79 Å². The highest BCUT2D eigenvalue weighted by Gasteiger charge is 2.11. The number of halogens is 1. The summed E-state index contributed by atoms with van der Waals surface area (Å²) in [7, 11) is 0. The summed E-state index contributed by atoms with van der Waals surface area (Å²) in [5, 5.41) is 3.02. The third kappa shape index (κ3) is 4.34. The number of thioether (sulfide) groups is 1. The van der Waals surface area contributed by atoms with Crippen LogP contribution in [0.2, 0.25) is 0 Å². The molecule has 0 aliphatic rings. The third-order valence-corrected chi connectivity index (χ3v) is 6.06. The van der Waals surface area contributed by atoms with Crippen LogP contribution in [-0.2, 0) is 4.79 Å². The van der Waals surface area contributed by atoms with E-state index in [1.54, 1.807) is 11.3 Å². The molecule has 0 spiro atoms. The summed E-state index contributed by atoms with van der Waals surface area (Å²) < 4.78 is 3.11. The van der Waals surface area contributed by atoms with Crippen LogP contribution < -0.4 is 5.32 Å². The molecule has 1 heterocycles. The summed E-state index contributed by atoms with van der Waals surface area (Å²) in [5.41, 5.74) is 2.08. The second-order valence-electron chi connectivity index (χ2n) is 5.08. The first-order valence-corrected chi connectivity index (χ1v) is 9.74. The van der Waals surface area contributed by atoms with E-state index in [9.17, 15) is 4.79 Å². The van der Waals surface area contributed by atoms with Crippen LogP contribution in [0.4, 0.5) is 0 Å². The zero-order valence-corrected chi connectivity index (χ0v) is 15.7. The van der Waals surface area contributed by atoms with Crippen LogP contribution in [0.1, 0.15) is 18.5 Å². The van der Waals surface area contributed by atoms with Gasteiger partial charge < -0.3 is 5.32 Å². The molecule has 2 aromatic carbocycles. The van der Waals surface area contributed by atoms with Crippen molar-refractivity contribution in [1.82, 2.24) is 10.3 Å². The van der Waals surface area contributed by atoms with Gasteiger partial charge >= 0.3 is 0 Å². The lowest BCUT2D eigenvalue weighted by Crippen LogP contribution is -2.28. The van der Waals surface area contributed by atoms with Crippen LogP contribution in [0.5, 0.6) is 0 Å². The van der Waals surface area contributed by atoms with Gasteiger partial charge in [-0.15, -0.1) is 11.3 Å². The molecule has 0 radical (unpaired) electrons. The second-order valence-corrected chi connectivity index (χ2v) is 8.25. The van der Waals surface area contributed by atoms with Gasteiger partial charge in [0.25, 0.3) is 0 Å². The van der Waals surface area contributed by atoms with Crippen molar-refractivity contribution in [3.8, 4) is 0 Å². The zero-order chi connectivity index (χ0) is 16.2. The molecule has 23 heavy (non-hydrogen) atoms. The van der Waals surface area contributed by atoms with Gasteiger partial charge in [0.2, 0.25) is 5.91 Å². The summed E-state index contributed by atoms with van der Waals surface area (Å²) in [6, 6.07) is 16.0. The molecule has 118 valence electrons. The van der Waals surface area contributed by atoms with Crippen LogP contribution in [0.15, 0.2) is 57.3 Å². The van der Waals surface area contributed by atoms with Gasteiger partial charge in [0.15, 0.2) is 4.34 Å². The van der Waals surface area contributed by atoms with Crippen molar-refractivity contribution in [1.29, 1.82) is 0 Å². The Balaban J connectivity index is 1.55. The number of rotatable bonds is 5. The molecule has 3 aromatic rings. The summed E-state index contributed by atoms with van der Waals surface area (Å²) in [6.45, 7) is 1.99. The molecule has 0 fully saturated rings. The maximum atomic E-state index is 12.1. The van der Waals surface area contributed by atoms with E-state index in [2.05, 4.69) is 26.2 Å². The predicted molar refractivity (Wildman–Crippen MR) is 101 cm³/mol. The Kier molecular flexibility index (Phi) is 5.35. The standard InChI is InChI=1S/C17H15BrN2OS2/c1-11(12-6-8-13(18)9-7-12)19-16(21)10-22-17-20-14-4-2-3-5-15(14)23-17/h2-9,11H,10H2,1H3,(H,19,21). The quantitative estimate of drug-likeness (QED) is 0.604. The number of carbonyl (C=O) groups is 1. The van der Waals surface area contributed by atoms with Crippen molar-refractivity contribution in [3.63, 3.8) is 0 Å². The molecule has 1 amide bonds. The summed E-state index contributed by atoms with van der Waals surface area (Å²) in [6.07, 6.45) is 0. The largest absolute Gasteiger partial charge is 0.349 e. The Hall–Kier alpha value is -1.37. The molecular formula is C17H15BrN2OS2. The molecule has 0 bridgehead atoms. The maximum absolute atomic E-state index is 12.1. The van der Waals surface area contributed by atoms with E-state index in [0.29, 0.717) is 5.75 Å². The molecule has 0 saturated carbocycles. The van der Waals surface area contributed by atoms with E-state index in [-0.39, 0.29) is 11.9 Å². The van der Waals surface area contributed by atoms with E-state index in [4.69, 9.17) is 0 Å². The average Bonchev–Trinajstić information content (AvgIpc) is 2.96. The number of aromatic nitrogens is 1. The number of nitrogens with one attached hydrogen (secondary N) is 1. The highest BCUT2D eigenvalue weighted by atomic mass is 79.9.